The maximum Gasteiger partial charge on any atom is 0.220 e. The van der Waals surface area contributed by atoms with Crippen LogP contribution in [0, 0.1) is 0 Å². The lowest BCUT2D eigenvalue weighted by Gasteiger charge is -2.03. The predicted octanol–water partition coefficient (Wildman–Crippen LogP) is 2.90. The van der Waals surface area contributed by atoms with Crippen LogP contribution >= 0.6 is 0 Å². The molecule has 1 aromatic carbocycles. The first-order valence-corrected chi connectivity index (χ1v) is 9.82. The number of benzene rings is 1. The minimum absolute atomic E-state index is 0.0439. The first kappa shape index (κ1) is 18.9. The van der Waals surface area contributed by atoms with E-state index in [0.29, 0.717) is 12.8 Å². The summed E-state index contributed by atoms with van der Waals surface area (Å²) in [5.41, 5.74) is 3.43. The summed E-state index contributed by atoms with van der Waals surface area (Å²) in [6.45, 7) is 2.83. The summed E-state index contributed by atoms with van der Waals surface area (Å²) in [4.78, 5) is 12.0. The Labute approximate surface area is 168 Å². The second-order valence-corrected chi connectivity index (χ2v) is 6.90. The number of unbranched alkanes of at least 4 members (excludes halogenated alkanes) is 1. The van der Waals surface area contributed by atoms with Gasteiger partial charge in [0.25, 0.3) is 0 Å². The molecule has 0 saturated carbocycles. The Morgan fingerprint density at radius 3 is 2.76 bits per heavy atom. The number of carbonyl (C=O) groups excluding carboxylic acids is 1. The van der Waals surface area contributed by atoms with E-state index in [1.165, 1.54) is 0 Å². The Morgan fingerprint density at radius 1 is 1.17 bits per heavy atom. The number of carbonyl (C=O) groups is 1. The minimum atomic E-state index is 0.0439. The SMILES string of the molecule is CCCCNC(=O)CCc1nnc2c3cc(-c4ccc(OC)cc4)nn3ccn12. The van der Waals surface area contributed by atoms with Gasteiger partial charge in [0, 0.05) is 37.3 Å². The molecule has 29 heavy (non-hydrogen) atoms. The topological polar surface area (TPSA) is 85.8 Å². The monoisotopic (exact) mass is 392 g/mol. The van der Waals surface area contributed by atoms with Crippen LogP contribution in [0.25, 0.3) is 22.4 Å². The van der Waals surface area contributed by atoms with Crippen LogP contribution in [0.3, 0.4) is 0 Å². The van der Waals surface area contributed by atoms with Gasteiger partial charge in [-0.3, -0.25) is 9.20 Å². The predicted molar refractivity (Wildman–Crippen MR) is 110 cm³/mol. The number of hydrogen-bond acceptors (Lipinski definition) is 5. The quantitative estimate of drug-likeness (QED) is 0.466. The summed E-state index contributed by atoms with van der Waals surface area (Å²) in [5, 5.41) is 16.2. The van der Waals surface area contributed by atoms with Gasteiger partial charge in [-0.2, -0.15) is 5.10 Å². The maximum atomic E-state index is 12.0. The van der Waals surface area contributed by atoms with Crippen molar-refractivity contribution in [2.45, 2.75) is 32.6 Å². The molecule has 1 N–H and O–H groups in total. The van der Waals surface area contributed by atoms with Crippen molar-refractivity contribution in [1.29, 1.82) is 0 Å². The van der Waals surface area contributed by atoms with Gasteiger partial charge < -0.3 is 10.1 Å². The maximum absolute atomic E-state index is 12.0. The van der Waals surface area contributed by atoms with E-state index >= 15 is 0 Å². The molecule has 0 bridgehead atoms. The average molecular weight is 392 g/mol. The van der Waals surface area contributed by atoms with Gasteiger partial charge in [-0.05, 0) is 36.8 Å². The third-order valence-electron chi connectivity index (χ3n) is 4.90. The molecule has 0 aliphatic carbocycles. The standard InChI is InChI=1S/C21H24N6O2/c1-3-4-11-22-20(28)10-9-19-23-24-21-18-14-17(25-27(18)13-12-26(19)21)15-5-7-16(29-2)8-6-15/h5-8,12-14H,3-4,9-11H2,1-2H3,(H,22,28). The Morgan fingerprint density at radius 2 is 2.00 bits per heavy atom. The van der Waals surface area contributed by atoms with E-state index in [-0.39, 0.29) is 5.91 Å². The van der Waals surface area contributed by atoms with Crippen molar-refractivity contribution in [3.05, 3.63) is 48.5 Å². The van der Waals surface area contributed by atoms with Gasteiger partial charge >= 0.3 is 0 Å². The first-order valence-electron chi connectivity index (χ1n) is 9.82. The van der Waals surface area contributed by atoms with Gasteiger partial charge in [0.05, 0.1) is 12.8 Å². The van der Waals surface area contributed by atoms with Crippen LogP contribution in [0.2, 0.25) is 0 Å². The van der Waals surface area contributed by atoms with Crippen LogP contribution in [0.1, 0.15) is 32.0 Å². The molecule has 0 spiro atoms. The molecule has 1 amide bonds. The van der Waals surface area contributed by atoms with Crippen molar-refractivity contribution < 1.29 is 9.53 Å². The van der Waals surface area contributed by atoms with E-state index in [1.807, 2.05) is 47.1 Å². The molecular weight excluding hydrogens is 368 g/mol. The fraction of sp³-hybridized carbons (Fsp3) is 0.333. The van der Waals surface area contributed by atoms with Crippen molar-refractivity contribution in [2.24, 2.45) is 0 Å². The van der Waals surface area contributed by atoms with Crippen LogP contribution in [0.4, 0.5) is 0 Å². The zero-order valence-corrected chi connectivity index (χ0v) is 16.6. The van der Waals surface area contributed by atoms with Gasteiger partial charge in [0.15, 0.2) is 5.65 Å². The van der Waals surface area contributed by atoms with Crippen molar-refractivity contribution in [1.82, 2.24) is 29.5 Å². The zero-order chi connectivity index (χ0) is 20.2. The molecule has 0 atom stereocenters. The molecule has 8 heteroatoms. The smallest absolute Gasteiger partial charge is 0.220 e. The minimum Gasteiger partial charge on any atom is -0.497 e. The number of nitrogens with zero attached hydrogens (tertiary/aromatic N) is 5. The summed E-state index contributed by atoms with van der Waals surface area (Å²) in [5.74, 6) is 1.61. The average Bonchev–Trinajstić information content (AvgIpc) is 3.36. The van der Waals surface area contributed by atoms with E-state index in [0.717, 1.165) is 53.4 Å². The van der Waals surface area contributed by atoms with E-state index in [4.69, 9.17) is 4.74 Å². The zero-order valence-electron chi connectivity index (χ0n) is 16.6. The van der Waals surface area contributed by atoms with Crippen LogP contribution in [0.15, 0.2) is 42.7 Å². The number of nitrogens with one attached hydrogen (secondary N) is 1. The van der Waals surface area contributed by atoms with Gasteiger partial charge in [0.1, 0.15) is 17.1 Å². The molecule has 0 saturated heterocycles. The molecular formula is C21H24N6O2. The van der Waals surface area contributed by atoms with Crippen molar-refractivity contribution >= 4 is 17.1 Å². The highest BCUT2D eigenvalue weighted by molar-refractivity contribution is 5.77. The first-order chi connectivity index (χ1) is 14.2. The summed E-state index contributed by atoms with van der Waals surface area (Å²) in [6.07, 6.45) is 6.76. The summed E-state index contributed by atoms with van der Waals surface area (Å²) in [6, 6.07) is 9.77. The van der Waals surface area contributed by atoms with E-state index in [9.17, 15) is 4.79 Å². The van der Waals surface area contributed by atoms with Crippen LogP contribution in [-0.2, 0) is 11.2 Å². The highest BCUT2D eigenvalue weighted by Crippen LogP contribution is 2.24. The van der Waals surface area contributed by atoms with Gasteiger partial charge in [0.2, 0.25) is 5.91 Å². The number of aryl methyl sites for hydroxylation is 1. The summed E-state index contributed by atoms with van der Waals surface area (Å²) >= 11 is 0. The Balaban J connectivity index is 1.56. The summed E-state index contributed by atoms with van der Waals surface area (Å²) in [7, 11) is 1.65. The van der Waals surface area contributed by atoms with Gasteiger partial charge in [-0.1, -0.05) is 13.3 Å². The Hall–Kier alpha value is -3.42. The largest absolute Gasteiger partial charge is 0.497 e. The number of amides is 1. The lowest BCUT2D eigenvalue weighted by atomic mass is 10.1. The van der Waals surface area contributed by atoms with Gasteiger partial charge in [-0.25, -0.2) is 4.52 Å². The molecule has 4 aromatic rings. The molecule has 0 radical (unpaired) electrons. The lowest BCUT2D eigenvalue weighted by Crippen LogP contribution is -2.24. The fourth-order valence-electron chi connectivity index (χ4n) is 3.25. The Kier molecular flexibility index (Phi) is 5.41. The van der Waals surface area contributed by atoms with Crippen molar-refractivity contribution in [2.75, 3.05) is 13.7 Å². The highest BCUT2D eigenvalue weighted by atomic mass is 16.5. The molecule has 0 fully saturated rings. The number of methoxy groups -OCH3 is 1. The molecule has 3 aromatic heterocycles. The lowest BCUT2D eigenvalue weighted by molar-refractivity contribution is -0.121. The molecule has 0 aliphatic rings. The third-order valence-corrected chi connectivity index (χ3v) is 4.90. The normalized spacial score (nSPS) is 11.2. The highest BCUT2D eigenvalue weighted by Gasteiger charge is 2.13. The van der Waals surface area contributed by atoms with Gasteiger partial charge in [-0.15, -0.1) is 10.2 Å². The number of hydrogen-bond donors (Lipinski definition) is 1. The van der Waals surface area contributed by atoms with Crippen LogP contribution in [-0.4, -0.2) is 43.8 Å². The molecule has 3 heterocycles. The van der Waals surface area contributed by atoms with Crippen molar-refractivity contribution in [3.63, 3.8) is 0 Å². The number of fused-ring (bicyclic) bond motifs is 3. The van der Waals surface area contributed by atoms with Crippen molar-refractivity contribution in [3.8, 4) is 17.0 Å². The molecule has 0 unspecified atom stereocenters. The molecule has 150 valence electrons. The molecule has 8 nitrogen and oxygen atoms in total. The van der Waals surface area contributed by atoms with Crippen LogP contribution in [0.5, 0.6) is 5.75 Å². The fourth-order valence-corrected chi connectivity index (χ4v) is 3.25. The van der Waals surface area contributed by atoms with E-state index < -0.39 is 0 Å². The number of rotatable bonds is 8. The molecule has 0 aliphatic heterocycles. The Bertz CT molecular complexity index is 1130. The van der Waals surface area contributed by atoms with Crippen LogP contribution < -0.4 is 10.1 Å². The number of ether oxygens (including phenoxy) is 1. The van der Waals surface area contributed by atoms with E-state index in [1.54, 1.807) is 11.6 Å². The second kappa shape index (κ2) is 8.30. The number of aromatic nitrogens is 5. The van der Waals surface area contributed by atoms with E-state index in [2.05, 4.69) is 27.5 Å². The molecule has 4 rings (SSSR count). The second-order valence-electron chi connectivity index (χ2n) is 6.90. The summed E-state index contributed by atoms with van der Waals surface area (Å²) < 4.78 is 8.94. The third kappa shape index (κ3) is 3.91.